The van der Waals surface area contributed by atoms with E-state index in [4.69, 9.17) is 15.5 Å². The number of aromatic nitrogens is 2. The zero-order valence-corrected chi connectivity index (χ0v) is 14.0. The number of anilines is 1. The first kappa shape index (κ1) is 14.7. The van der Waals surface area contributed by atoms with Crippen molar-refractivity contribution in [3.05, 3.63) is 16.3 Å². The molecule has 0 aromatic carbocycles. The number of hydrogen-bond donors (Lipinski definition) is 1. The van der Waals surface area contributed by atoms with Gasteiger partial charge in [-0.05, 0) is 36.7 Å². The van der Waals surface area contributed by atoms with Gasteiger partial charge < -0.3 is 10.5 Å². The third kappa shape index (κ3) is 2.53. The zero-order valence-electron chi connectivity index (χ0n) is 13.2. The summed E-state index contributed by atoms with van der Waals surface area (Å²) in [6.45, 7) is 6.39. The summed E-state index contributed by atoms with van der Waals surface area (Å²) in [6, 6.07) is 0. The maximum Gasteiger partial charge on any atom is 0.161 e. The number of nitrogens with zero attached hydrogens (tertiary/aromatic N) is 2. The van der Waals surface area contributed by atoms with Crippen molar-refractivity contribution >= 4 is 27.4 Å². The second kappa shape index (κ2) is 5.21. The van der Waals surface area contributed by atoms with Crippen molar-refractivity contribution in [1.29, 1.82) is 0 Å². The average Bonchev–Trinajstić information content (AvgIpc) is 2.76. The molecule has 21 heavy (non-hydrogen) atoms. The van der Waals surface area contributed by atoms with Gasteiger partial charge in [-0.25, -0.2) is 9.97 Å². The highest BCUT2D eigenvalue weighted by Crippen LogP contribution is 2.40. The van der Waals surface area contributed by atoms with Crippen LogP contribution in [0, 0.1) is 5.41 Å². The highest BCUT2D eigenvalue weighted by Gasteiger charge is 2.30. The molecule has 0 saturated heterocycles. The van der Waals surface area contributed by atoms with Gasteiger partial charge in [0.2, 0.25) is 0 Å². The molecule has 1 atom stereocenters. The van der Waals surface area contributed by atoms with E-state index in [1.54, 1.807) is 18.4 Å². The number of rotatable bonds is 2. The SMILES string of the molecule is COC(c1nc(N)c2c3c(sc2n1)CCCC3)C(C)(C)C. The van der Waals surface area contributed by atoms with Crippen LogP contribution in [0.3, 0.4) is 0 Å². The summed E-state index contributed by atoms with van der Waals surface area (Å²) in [6.07, 6.45) is 4.61. The molecular weight excluding hydrogens is 282 g/mol. The van der Waals surface area contributed by atoms with Gasteiger partial charge in [-0.1, -0.05) is 20.8 Å². The largest absolute Gasteiger partial charge is 0.383 e. The van der Waals surface area contributed by atoms with Gasteiger partial charge in [0.05, 0.1) is 5.39 Å². The molecule has 3 rings (SSSR count). The smallest absolute Gasteiger partial charge is 0.161 e. The lowest BCUT2D eigenvalue weighted by Crippen LogP contribution is -2.22. The van der Waals surface area contributed by atoms with Gasteiger partial charge in [-0.2, -0.15) is 0 Å². The normalized spacial score (nSPS) is 17.0. The summed E-state index contributed by atoms with van der Waals surface area (Å²) in [5.74, 6) is 1.31. The van der Waals surface area contributed by atoms with Crippen molar-refractivity contribution in [3.8, 4) is 0 Å². The van der Waals surface area contributed by atoms with Crippen LogP contribution >= 0.6 is 11.3 Å². The minimum absolute atomic E-state index is 0.0637. The molecule has 1 aliphatic rings. The van der Waals surface area contributed by atoms with Crippen molar-refractivity contribution in [1.82, 2.24) is 9.97 Å². The average molecular weight is 305 g/mol. The number of aryl methyl sites for hydroxylation is 2. The number of methoxy groups -OCH3 is 1. The minimum Gasteiger partial charge on any atom is -0.383 e. The van der Waals surface area contributed by atoms with Gasteiger partial charge >= 0.3 is 0 Å². The van der Waals surface area contributed by atoms with E-state index in [0.717, 1.165) is 23.1 Å². The third-order valence-corrected chi connectivity index (χ3v) is 5.30. The lowest BCUT2D eigenvalue weighted by molar-refractivity contribution is 0.00905. The molecule has 4 nitrogen and oxygen atoms in total. The molecule has 0 saturated carbocycles. The quantitative estimate of drug-likeness (QED) is 0.914. The molecule has 2 aromatic heterocycles. The molecule has 2 aromatic rings. The van der Waals surface area contributed by atoms with Crippen molar-refractivity contribution in [2.75, 3.05) is 12.8 Å². The van der Waals surface area contributed by atoms with Gasteiger partial charge in [0.1, 0.15) is 16.8 Å². The maximum atomic E-state index is 6.26. The van der Waals surface area contributed by atoms with Gasteiger partial charge in [-0.15, -0.1) is 11.3 Å². The topological polar surface area (TPSA) is 61.0 Å². The van der Waals surface area contributed by atoms with Crippen LogP contribution in [0.15, 0.2) is 0 Å². The van der Waals surface area contributed by atoms with Crippen LogP contribution in [0.1, 0.15) is 56.0 Å². The number of nitrogens with two attached hydrogens (primary N) is 1. The van der Waals surface area contributed by atoms with Crippen molar-refractivity contribution in [2.45, 2.75) is 52.6 Å². The Morgan fingerprint density at radius 1 is 1.19 bits per heavy atom. The molecule has 0 amide bonds. The van der Waals surface area contributed by atoms with E-state index < -0.39 is 0 Å². The van der Waals surface area contributed by atoms with Gasteiger partial charge in [-0.3, -0.25) is 0 Å². The summed E-state index contributed by atoms with van der Waals surface area (Å²) >= 11 is 1.78. The summed E-state index contributed by atoms with van der Waals surface area (Å²) in [7, 11) is 1.71. The molecule has 0 spiro atoms. The Bertz CT molecular complexity index is 672. The second-order valence-corrected chi connectivity index (χ2v) is 7.92. The van der Waals surface area contributed by atoms with E-state index in [1.807, 2.05) is 0 Å². The fourth-order valence-corrected chi connectivity index (χ4v) is 4.44. The molecular formula is C16H23N3OS. The second-order valence-electron chi connectivity index (χ2n) is 6.84. The van der Waals surface area contributed by atoms with E-state index in [2.05, 4.69) is 25.8 Å². The zero-order chi connectivity index (χ0) is 15.2. The molecule has 0 radical (unpaired) electrons. The van der Waals surface area contributed by atoms with Crippen molar-refractivity contribution in [3.63, 3.8) is 0 Å². The Labute approximate surface area is 129 Å². The van der Waals surface area contributed by atoms with Crippen LogP contribution < -0.4 is 5.73 Å². The molecule has 2 heterocycles. The molecule has 2 N–H and O–H groups in total. The predicted molar refractivity (Wildman–Crippen MR) is 87.7 cm³/mol. The number of hydrogen-bond acceptors (Lipinski definition) is 5. The summed E-state index contributed by atoms with van der Waals surface area (Å²) < 4.78 is 5.63. The molecule has 5 heteroatoms. The molecule has 1 unspecified atom stereocenters. The van der Waals surface area contributed by atoms with E-state index in [1.165, 1.54) is 23.3 Å². The molecule has 0 bridgehead atoms. The Morgan fingerprint density at radius 3 is 2.57 bits per heavy atom. The first-order valence-electron chi connectivity index (χ1n) is 7.52. The van der Waals surface area contributed by atoms with Crippen LogP contribution in [0.4, 0.5) is 5.82 Å². The Kier molecular flexibility index (Phi) is 3.66. The number of thiophene rings is 1. The third-order valence-electron chi connectivity index (χ3n) is 4.12. The van der Waals surface area contributed by atoms with E-state index in [0.29, 0.717) is 11.6 Å². The minimum atomic E-state index is -0.150. The van der Waals surface area contributed by atoms with Crippen LogP contribution in [-0.2, 0) is 17.6 Å². The highest BCUT2D eigenvalue weighted by molar-refractivity contribution is 7.19. The van der Waals surface area contributed by atoms with Gasteiger partial charge in [0.15, 0.2) is 5.82 Å². The number of ether oxygens (including phenoxy) is 1. The van der Waals surface area contributed by atoms with E-state index in [-0.39, 0.29) is 11.5 Å². The van der Waals surface area contributed by atoms with E-state index >= 15 is 0 Å². The van der Waals surface area contributed by atoms with Crippen LogP contribution in [0.5, 0.6) is 0 Å². The molecule has 1 aliphatic carbocycles. The monoisotopic (exact) mass is 305 g/mol. The predicted octanol–water partition coefficient (Wildman–Crippen LogP) is 3.89. The van der Waals surface area contributed by atoms with Gasteiger partial charge in [0, 0.05) is 12.0 Å². The molecule has 0 aliphatic heterocycles. The van der Waals surface area contributed by atoms with Crippen molar-refractivity contribution < 1.29 is 4.74 Å². The van der Waals surface area contributed by atoms with Crippen LogP contribution in [0.25, 0.3) is 10.2 Å². The highest BCUT2D eigenvalue weighted by atomic mass is 32.1. The summed E-state index contributed by atoms with van der Waals surface area (Å²) in [5.41, 5.74) is 7.58. The lowest BCUT2D eigenvalue weighted by Gasteiger charge is -2.28. The fraction of sp³-hybridized carbons (Fsp3) is 0.625. The first-order valence-corrected chi connectivity index (χ1v) is 8.34. The number of fused-ring (bicyclic) bond motifs is 3. The van der Waals surface area contributed by atoms with Crippen LogP contribution in [-0.4, -0.2) is 17.1 Å². The Balaban J connectivity index is 2.15. The summed E-state index contributed by atoms with van der Waals surface area (Å²) in [4.78, 5) is 11.8. The lowest BCUT2D eigenvalue weighted by atomic mass is 9.88. The van der Waals surface area contributed by atoms with Crippen molar-refractivity contribution in [2.24, 2.45) is 5.41 Å². The van der Waals surface area contributed by atoms with Crippen LogP contribution in [0.2, 0.25) is 0 Å². The van der Waals surface area contributed by atoms with Gasteiger partial charge in [0.25, 0.3) is 0 Å². The summed E-state index contributed by atoms with van der Waals surface area (Å²) in [5, 5.41) is 1.09. The fourth-order valence-electron chi connectivity index (χ4n) is 3.17. The Morgan fingerprint density at radius 2 is 1.90 bits per heavy atom. The maximum absolute atomic E-state index is 6.26. The standard InChI is InChI=1S/C16H23N3OS/c1-16(2,3)12(20-4)14-18-13(17)11-9-7-5-6-8-10(9)21-15(11)19-14/h12H,5-8H2,1-4H3,(H2,17,18,19). The Hall–Kier alpha value is -1.20. The first-order chi connectivity index (χ1) is 9.91. The molecule has 114 valence electrons. The number of nitrogen functional groups attached to an aromatic ring is 1. The molecule has 0 fully saturated rings. The van der Waals surface area contributed by atoms with E-state index in [9.17, 15) is 0 Å².